The summed E-state index contributed by atoms with van der Waals surface area (Å²) in [5.41, 5.74) is 1.19. The largest absolute Gasteiger partial charge is 0.395 e. The summed E-state index contributed by atoms with van der Waals surface area (Å²) in [4.78, 5) is 2.08. The Hall–Kier alpha value is -0.430. The molecule has 96 valence electrons. The molecule has 0 amide bonds. The van der Waals surface area contributed by atoms with Crippen molar-refractivity contribution in [3.05, 3.63) is 22.4 Å². The van der Waals surface area contributed by atoms with Crippen molar-refractivity contribution in [3.63, 3.8) is 0 Å². The van der Waals surface area contributed by atoms with Gasteiger partial charge in [0.2, 0.25) is 0 Å². The maximum atomic E-state index is 11.5. The molecule has 1 aromatic heterocycles. The molecule has 0 aliphatic carbocycles. The van der Waals surface area contributed by atoms with Crippen molar-refractivity contribution in [1.82, 2.24) is 4.90 Å². The van der Waals surface area contributed by atoms with Crippen molar-refractivity contribution >= 4 is 21.2 Å². The molecule has 0 radical (unpaired) electrons. The second-order valence-corrected chi connectivity index (χ2v) is 7.39. The minimum absolute atomic E-state index is 0.0621. The van der Waals surface area contributed by atoms with Crippen LogP contribution < -0.4 is 0 Å². The van der Waals surface area contributed by atoms with Crippen molar-refractivity contribution in [2.45, 2.75) is 19.0 Å². The van der Waals surface area contributed by atoms with E-state index in [0.717, 1.165) is 6.54 Å². The fourth-order valence-electron chi connectivity index (χ4n) is 2.20. The molecule has 0 aromatic carbocycles. The molecule has 1 saturated heterocycles. The van der Waals surface area contributed by atoms with Crippen molar-refractivity contribution < 1.29 is 13.5 Å². The summed E-state index contributed by atoms with van der Waals surface area (Å²) in [6.07, 6.45) is 0.687. The molecule has 17 heavy (non-hydrogen) atoms. The van der Waals surface area contributed by atoms with Gasteiger partial charge in [0.1, 0.15) is 0 Å². The monoisotopic (exact) mass is 275 g/mol. The maximum Gasteiger partial charge on any atom is 0.151 e. The Morgan fingerprint density at radius 1 is 1.53 bits per heavy atom. The van der Waals surface area contributed by atoms with Crippen LogP contribution in [0.4, 0.5) is 0 Å². The van der Waals surface area contributed by atoms with Crippen LogP contribution in [-0.2, 0) is 16.4 Å². The van der Waals surface area contributed by atoms with Crippen LogP contribution in [0.25, 0.3) is 0 Å². The molecule has 1 atom stereocenters. The van der Waals surface area contributed by atoms with Crippen LogP contribution in [0.5, 0.6) is 0 Å². The van der Waals surface area contributed by atoms with Crippen LogP contribution in [0.2, 0.25) is 0 Å². The van der Waals surface area contributed by atoms with E-state index in [1.165, 1.54) is 5.56 Å². The second kappa shape index (κ2) is 5.48. The number of rotatable bonds is 5. The van der Waals surface area contributed by atoms with E-state index in [1.807, 2.05) is 11.4 Å². The van der Waals surface area contributed by atoms with Gasteiger partial charge in [-0.15, -0.1) is 0 Å². The van der Waals surface area contributed by atoms with Gasteiger partial charge in [0, 0.05) is 19.1 Å². The zero-order valence-electron chi connectivity index (χ0n) is 9.58. The number of thiophene rings is 1. The summed E-state index contributed by atoms with van der Waals surface area (Å²) < 4.78 is 22.9. The number of hydrogen-bond donors (Lipinski definition) is 1. The van der Waals surface area contributed by atoms with E-state index in [0.29, 0.717) is 13.0 Å². The summed E-state index contributed by atoms with van der Waals surface area (Å²) in [6.45, 7) is 1.33. The Bertz CT molecular complexity index is 441. The highest BCUT2D eigenvalue weighted by atomic mass is 32.2. The number of nitrogens with zero attached hydrogens (tertiary/aromatic N) is 1. The fraction of sp³-hybridized carbons (Fsp3) is 0.636. The van der Waals surface area contributed by atoms with Crippen molar-refractivity contribution in [2.24, 2.45) is 0 Å². The van der Waals surface area contributed by atoms with Gasteiger partial charge in [-0.2, -0.15) is 11.3 Å². The summed E-state index contributed by atoms with van der Waals surface area (Å²) in [7, 11) is -2.86. The van der Waals surface area contributed by atoms with Gasteiger partial charge >= 0.3 is 0 Å². The maximum absolute atomic E-state index is 11.5. The van der Waals surface area contributed by atoms with E-state index in [4.69, 9.17) is 5.11 Å². The lowest BCUT2D eigenvalue weighted by atomic mass is 10.2. The molecule has 0 saturated carbocycles. The molecule has 1 N–H and O–H groups in total. The van der Waals surface area contributed by atoms with Crippen molar-refractivity contribution in [2.75, 3.05) is 24.7 Å². The van der Waals surface area contributed by atoms with Crippen LogP contribution in [0.1, 0.15) is 12.0 Å². The van der Waals surface area contributed by atoms with Crippen LogP contribution in [0, 0.1) is 0 Å². The highest BCUT2D eigenvalue weighted by Gasteiger charge is 2.31. The van der Waals surface area contributed by atoms with E-state index in [9.17, 15) is 8.42 Å². The summed E-state index contributed by atoms with van der Waals surface area (Å²) in [5.74, 6) is 0.514. The predicted molar refractivity (Wildman–Crippen MR) is 68.9 cm³/mol. The highest BCUT2D eigenvalue weighted by molar-refractivity contribution is 7.91. The lowest BCUT2D eigenvalue weighted by Gasteiger charge is -2.26. The SMILES string of the molecule is O=S1(=O)CCC(N(CCO)Cc2ccsc2)C1. The summed E-state index contributed by atoms with van der Waals surface area (Å²) in [6, 6.07) is 2.10. The van der Waals surface area contributed by atoms with Gasteiger partial charge in [-0.05, 0) is 28.8 Å². The molecule has 1 aliphatic heterocycles. The van der Waals surface area contributed by atoms with Gasteiger partial charge < -0.3 is 5.11 Å². The third-order valence-electron chi connectivity index (χ3n) is 3.08. The number of aliphatic hydroxyl groups excluding tert-OH is 1. The van der Waals surface area contributed by atoms with E-state index < -0.39 is 9.84 Å². The Morgan fingerprint density at radius 2 is 2.35 bits per heavy atom. The topological polar surface area (TPSA) is 57.6 Å². The standard InChI is InChI=1S/C11H17NO3S2/c13-4-3-12(7-10-1-5-16-8-10)11-2-6-17(14,15)9-11/h1,5,8,11,13H,2-4,6-7,9H2. The molecular weight excluding hydrogens is 258 g/mol. The fourth-order valence-corrected chi connectivity index (χ4v) is 4.62. The molecule has 1 unspecified atom stereocenters. The molecule has 2 heterocycles. The van der Waals surface area contributed by atoms with Crippen LogP contribution in [0.3, 0.4) is 0 Å². The van der Waals surface area contributed by atoms with Crippen LogP contribution >= 0.6 is 11.3 Å². The first kappa shape index (κ1) is 13.0. The molecule has 4 nitrogen and oxygen atoms in total. The Balaban J connectivity index is 2.02. The number of hydrogen-bond acceptors (Lipinski definition) is 5. The van der Waals surface area contributed by atoms with Gasteiger partial charge in [-0.25, -0.2) is 8.42 Å². The zero-order chi connectivity index (χ0) is 12.3. The Kier molecular flexibility index (Phi) is 4.19. The van der Waals surface area contributed by atoms with E-state index >= 15 is 0 Å². The summed E-state index contributed by atoms with van der Waals surface area (Å²) in [5, 5.41) is 13.1. The molecule has 2 rings (SSSR count). The van der Waals surface area contributed by atoms with E-state index in [2.05, 4.69) is 10.3 Å². The third kappa shape index (κ3) is 3.51. The van der Waals surface area contributed by atoms with Gasteiger partial charge in [-0.1, -0.05) is 0 Å². The molecule has 0 spiro atoms. The Labute approximate surface area is 106 Å². The number of aliphatic hydroxyl groups is 1. The third-order valence-corrected chi connectivity index (χ3v) is 5.56. The van der Waals surface area contributed by atoms with Gasteiger partial charge in [-0.3, -0.25) is 4.90 Å². The highest BCUT2D eigenvalue weighted by Crippen LogP contribution is 2.20. The normalized spacial score (nSPS) is 23.3. The molecular formula is C11H17NO3S2. The van der Waals surface area contributed by atoms with Gasteiger partial charge in [0.25, 0.3) is 0 Å². The molecule has 0 bridgehead atoms. The Morgan fingerprint density at radius 3 is 2.88 bits per heavy atom. The zero-order valence-corrected chi connectivity index (χ0v) is 11.2. The molecule has 6 heteroatoms. The van der Waals surface area contributed by atoms with Crippen LogP contribution in [0.15, 0.2) is 16.8 Å². The average molecular weight is 275 g/mol. The summed E-state index contributed by atoms with van der Waals surface area (Å²) >= 11 is 1.63. The minimum atomic E-state index is -2.86. The second-order valence-electron chi connectivity index (χ2n) is 4.38. The van der Waals surface area contributed by atoms with Gasteiger partial charge in [0.15, 0.2) is 9.84 Å². The van der Waals surface area contributed by atoms with Crippen molar-refractivity contribution in [3.8, 4) is 0 Å². The van der Waals surface area contributed by atoms with Crippen molar-refractivity contribution in [1.29, 1.82) is 0 Å². The average Bonchev–Trinajstić information content (AvgIpc) is 2.87. The first-order valence-electron chi connectivity index (χ1n) is 5.67. The first-order chi connectivity index (χ1) is 8.11. The lowest BCUT2D eigenvalue weighted by Crippen LogP contribution is -2.37. The quantitative estimate of drug-likeness (QED) is 0.860. The van der Waals surface area contributed by atoms with Crippen LogP contribution in [-0.4, -0.2) is 49.1 Å². The predicted octanol–water partition coefficient (Wildman–Crippen LogP) is 0.729. The first-order valence-corrected chi connectivity index (χ1v) is 8.43. The minimum Gasteiger partial charge on any atom is -0.395 e. The van der Waals surface area contributed by atoms with Gasteiger partial charge in [0.05, 0.1) is 18.1 Å². The van der Waals surface area contributed by atoms with E-state index in [-0.39, 0.29) is 24.2 Å². The van der Waals surface area contributed by atoms with E-state index in [1.54, 1.807) is 11.3 Å². The number of sulfone groups is 1. The molecule has 1 aromatic rings. The molecule has 1 fully saturated rings. The smallest absolute Gasteiger partial charge is 0.151 e. The molecule has 1 aliphatic rings. The lowest BCUT2D eigenvalue weighted by molar-refractivity contribution is 0.154.